The molecule has 1 saturated carbocycles. The van der Waals surface area contributed by atoms with E-state index < -0.39 is 0 Å². The summed E-state index contributed by atoms with van der Waals surface area (Å²) >= 11 is 0. The SMILES string of the molecule is CC1(NCCCc2ccccc2N)CCCCC1. The third kappa shape index (κ3) is 3.74. The van der Waals surface area contributed by atoms with Crippen LogP contribution >= 0.6 is 0 Å². The highest BCUT2D eigenvalue weighted by atomic mass is 15.0. The second-order valence-electron chi connectivity index (χ2n) is 5.85. The van der Waals surface area contributed by atoms with Crippen LogP contribution in [0.25, 0.3) is 0 Å². The highest BCUT2D eigenvalue weighted by molar-refractivity contribution is 5.46. The quantitative estimate of drug-likeness (QED) is 0.616. The summed E-state index contributed by atoms with van der Waals surface area (Å²) in [6.45, 7) is 3.48. The number of anilines is 1. The van der Waals surface area contributed by atoms with Crippen molar-refractivity contribution in [2.45, 2.75) is 57.4 Å². The summed E-state index contributed by atoms with van der Waals surface area (Å²) in [6, 6.07) is 8.20. The zero-order chi connectivity index (χ0) is 12.8. The number of nitrogens with two attached hydrogens (primary N) is 1. The molecule has 0 aliphatic heterocycles. The first-order valence-electron chi connectivity index (χ1n) is 7.28. The molecule has 0 amide bonds. The molecule has 2 rings (SSSR count). The van der Waals surface area contributed by atoms with Gasteiger partial charge in [0.1, 0.15) is 0 Å². The summed E-state index contributed by atoms with van der Waals surface area (Å²) < 4.78 is 0. The fraction of sp³-hybridized carbons (Fsp3) is 0.625. The molecular weight excluding hydrogens is 220 g/mol. The molecule has 1 aliphatic carbocycles. The maximum absolute atomic E-state index is 5.95. The maximum Gasteiger partial charge on any atom is 0.0346 e. The molecule has 1 aromatic rings. The smallest absolute Gasteiger partial charge is 0.0346 e. The first-order valence-corrected chi connectivity index (χ1v) is 7.28. The van der Waals surface area contributed by atoms with Crippen molar-refractivity contribution >= 4 is 5.69 Å². The third-order valence-electron chi connectivity index (χ3n) is 4.19. The maximum atomic E-state index is 5.95. The minimum Gasteiger partial charge on any atom is -0.399 e. The van der Waals surface area contributed by atoms with Crippen molar-refractivity contribution in [3.8, 4) is 0 Å². The van der Waals surface area contributed by atoms with Gasteiger partial charge in [-0.05, 0) is 50.8 Å². The van der Waals surface area contributed by atoms with E-state index in [-0.39, 0.29) is 0 Å². The van der Waals surface area contributed by atoms with Gasteiger partial charge in [-0.2, -0.15) is 0 Å². The molecule has 2 nitrogen and oxygen atoms in total. The van der Waals surface area contributed by atoms with Gasteiger partial charge < -0.3 is 11.1 Å². The monoisotopic (exact) mass is 246 g/mol. The predicted molar refractivity (Wildman–Crippen MR) is 78.7 cm³/mol. The molecule has 0 atom stereocenters. The molecule has 100 valence electrons. The second-order valence-corrected chi connectivity index (χ2v) is 5.85. The second kappa shape index (κ2) is 6.24. The average molecular weight is 246 g/mol. The van der Waals surface area contributed by atoms with E-state index in [1.165, 1.54) is 44.1 Å². The molecular formula is C16H26N2. The molecule has 1 aliphatic rings. The van der Waals surface area contributed by atoms with E-state index in [1.54, 1.807) is 0 Å². The van der Waals surface area contributed by atoms with Crippen LogP contribution in [-0.4, -0.2) is 12.1 Å². The van der Waals surface area contributed by atoms with Crippen LogP contribution in [0.5, 0.6) is 0 Å². The van der Waals surface area contributed by atoms with Crippen LogP contribution in [0.2, 0.25) is 0 Å². The van der Waals surface area contributed by atoms with Crippen molar-refractivity contribution < 1.29 is 0 Å². The Morgan fingerprint density at radius 1 is 1.17 bits per heavy atom. The van der Waals surface area contributed by atoms with Gasteiger partial charge in [-0.15, -0.1) is 0 Å². The first-order chi connectivity index (χ1) is 8.70. The number of para-hydroxylation sites is 1. The topological polar surface area (TPSA) is 38.0 Å². The summed E-state index contributed by atoms with van der Waals surface area (Å²) in [5.41, 5.74) is 8.56. The zero-order valence-corrected chi connectivity index (χ0v) is 11.5. The molecule has 0 spiro atoms. The van der Waals surface area contributed by atoms with Gasteiger partial charge in [-0.25, -0.2) is 0 Å². The Morgan fingerprint density at radius 2 is 1.89 bits per heavy atom. The minimum atomic E-state index is 0.389. The van der Waals surface area contributed by atoms with Gasteiger partial charge in [0, 0.05) is 11.2 Å². The van der Waals surface area contributed by atoms with Crippen molar-refractivity contribution in [1.82, 2.24) is 5.32 Å². The highest BCUT2D eigenvalue weighted by Crippen LogP contribution is 2.27. The molecule has 0 bridgehead atoms. The van der Waals surface area contributed by atoms with E-state index in [4.69, 9.17) is 5.73 Å². The molecule has 1 fully saturated rings. The lowest BCUT2D eigenvalue weighted by atomic mass is 9.83. The van der Waals surface area contributed by atoms with Crippen molar-refractivity contribution in [2.24, 2.45) is 0 Å². The predicted octanol–water partition coefficient (Wildman–Crippen LogP) is 3.51. The Balaban J connectivity index is 1.71. The number of rotatable bonds is 5. The van der Waals surface area contributed by atoms with Gasteiger partial charge in [0.25, 0.3) is 0 Å². The molecule has 0 unspecified atom stereocenters. The normalized spacial score (nSPS) is 18.7. The zero-order valence-electron chi connectivity index (χ0n) is 11.5. The van der Waals surface area contributed by atoms with E-state index in [2.05, 4.69) is 24.4 Å². The number of benzene rings is 1. The lowest BCUT2D eigenvalue weighted by Gasteiger charge is -2.34. The largest absolute Gasteiger partial charge is 0.399 e. The molecule has 0 radical (unpaired) electrons. The van der Waals surface area contributed by atoms with Gasteiger partial charge in [-0.1, -0.05) is 37.5 Å². The average Bonchev–Trinajstić information content (AvgIpc) is 2.37. The molecule has 0 aromatic heterocycles. The number of nitrogens with one attached hydrogen (secondary N) is 1. The van der Waals surface area contributed by atoms with Crippen LogP contribution in [0.3, 0.4) is 0 Å². The lowest BCUT2D eigenvalue weighted by molar-refractivity contribution is 0.254. The molecule has 2 heteroatoms. The Morgan fingerprint density at radius 3 is 2.61 bits per heavy atom. The van der Waals surface area contributed by atoms with Crippen molar-refractivity contribution in [3.63, 3.8) is 0 Å². The summed E-state index contributed by atoms with van der Waals surface area (Å²) in [5.74, 6) is 0. The fourth-order valence-corrected chi connectivity index (χ4v) is 2.94. The standard InChI is InChI=1S/C16H26N2/c1-16(11-5-2-6-12-16)18-13-7-9-14-8-3-4-10-15(14)17/h3-4,8,10,18H,2,5-7,9,11-13,17H2,1H3. The number of hydrogen-bond donors (Lipinski definition) is 2. The fourth-order valence-electron chi connectivity index (χ4n) is 2.94. The van der Waals surface area contributed by atoms with Crippen LogP contribution in [0.1, 0.15) is 51.0 Å². The van der Waals surface area contributed by atoms with Gasteiger partial charge in [0.2, 0.25) is 0 Å². The van der Waals surface area contributed by atoms with E-state index in [0.29, 0.717) is 5.54 Å². The van der Waals surface area contributed by atoms with Crippen LogP contribution in [0.4, 0.5) is 5.69 Å². The molecule has 3 N–H and O–H groups in total. The van der Waals surface area contributed by atoms with Crippen molar-refractivity contribution in [1.29, 1.82) is 0 Å². The molecule has 0 heterocycles. The van der Waals surface area contributed by atoms with Crippen molar-refractivity contribution in [3.05, 3.63) is 29.8 Å². The van der Waals surface area contributed by atoms with Crippen LogP contribution in [-0.2, 0) is 6.42 Å². The van der Waals surface area contributed by atoms with Crippen LogP contribution < -0.4 is 11.1 Å². The van der Waals surface area contributed by atoms with E-state index >= 15 is 0 Å². The van der Waals surface area contributed by atoms with Crippen LogP contribution in [0.15, 0.2) is 24.3 Å². The van der Waals surface area contributed by atoms with Gasteiger partial charge in [0.05, 0.1) is 0 Å². The highest BCUT2D eigenvalue weighted by Gasteiger charge is 2.25. The summed E-state index contributed by atoms with van der Waals surface area (Å²) in [6.07, 6.45) is 9.10. The van der Waals surface area contributed by atoms with Gasteiger partial charge in [-0.3, -0.25) is 0 Å². The van der Waals surface area contributed by atoms with Crippen molar-refractivity contribution in [2.75, 3.05) is 12.3 Å². The molecule has 18 heavy (non-hydrogen) atoms. The van der Waals surface area contributed by atoms with E-state index in [0.717, 1.165) is 18.7 Å². The van der Waals surface area contributed by atoms with Gasteiger partial charge in [0.15, 0.2) is 0 Å². The summed E-state index contributed by atoms with van der Waals surface area (Å²) in [4.78, 5) is 0. The first kappa shape index (κ1) is 13.4. The number of nitrogen functional groups attached to an aromatic ring is 1. The number of aryl methyl sites for hydroxylation is 1. The molecule has 0 saturated heterocycles. The van der Waals surface area contributed by atoms with Gasteiger partial charge >= 0.3 is 0 Å². The van der Waals surface area contributed by atoms with Crippen LogP contribution in [0, 0.1) is 0 Å². The Bertz CT molecular complexity index is 367. The van der Waals surface area contributed by atoms with E-state index in [9.17, 15) is 0 Å². The Labute approximate surface area is 111 Å². The number of hydrogen-bond acceptors (Lipinski definition) is 2. The minimum absolute atomic E-state index is 0.389. The lowest BCUT2D eigenvalue weighted by Crippen LogP contribution is -2.44. The summed E-state index contributed by atoms with van der Waals surface area (Å²) in [5, 5.41) is 3.75. The Kier molecular flexibility index (Phi) is 4.65. The third-order valence-corrected chi connectivity index (χ3v) is 4.19. The Hall–Kier alpha value is -1.02. The summed E-state index contributed by atoms with van der Waals surface area (Å²) in [7, 11) is 0. The molecule has 1 aromatic carbocycles. The van der Waals surface area contributed by atoms with E-state index in [1.807, 2.05) is 12.1 Å².